The number of carbonyl (C=O) groups excluding carboxylic acids is 1. The molecule has 0 N–H and O–H groups in total. The quantitative estimate of drug-likeness (QED) is 0.707. The van der Waals surface area contributed by atoms with E-state index < -0.39 is 0 Å². The first kappa shape index (κ1) is 21.2. The minimum atomic E-state index is -0.133. The normalized spacial score (nSPS) is 25.1. The number of benzene rings is 1. The number of piperazine rings is 1. The van der Waals surface area contributed by atoms with E-state index in [0.717, 1.165) is 63.8 Å². The zero-order chi connectivity index (χ0) is 21.8. The van der Waals surface area contributed by atoms with Gasteiger partial charge in [0.2, 0.25) is 11.9 Å². The average Bonchev–Trinajstić information content (AvgIpc) is 3.29. The minimum Gasteiger partial charge on any atom is -0.489 e. The van der Waals surface area contributed by atoms with E-state index in [-0.39, 0.29) is 18.1 Å². The Morgan fingerprint density at radius 2 is 1.69 bits per heavy atom. The minimum absolute atomic E-state index is 0.0215. The van der Waals surface area contributed by atoms with Gasteiger partial charge in [0.05, 0.1) is 6.04 Å². The molecule has 0 spiro atoms. The van der Waals surface area contributed by atoms with E-state index in [9.17, 15) is 4.79 Å². The van der Waals surface area contributed by atoms with E-state index in [1.165, 1.54) is 0 Å². The second-order valence-corrected chi connectivity index (χ2v) is 8.71. The van der Waals surface area contributed by atoms with Crippen molar-refractivity contribution in [2.75, 3.05) is 50.8 Å². The molecule has 3 saturated heterocycles. The number of rotatable bonds is 5. The maximum atomic E-state index is 13.6. The molecule has 2 atom stereocenters. The monoisotopic (exact) mass is 437 g/mol. The topological polar surface area (TPSA) is 71.0 Å². The van der Waals surface area contributed by atoms with Gasteiger partial charge in [0.15, 0.2) is 0 Å². The van der Waals surface area contributed by atoms with Gasteiger partial charge in [0, 0.05) is 70.8 Å². The van der Waals surface area contributed by atoms with E-state index in [4.69, 9.17) is 9.47 Å². The molecule has 3 fully saturated rings. The Labute approximate surface area is 189 Å². The Hall–Kier alpha value is -2.71. The van der Waals surface area contributed by atoms with Gasteiger partial charge in [-0.25, -0.2) is 9.97 Å². The van der Waals surface area contributed by atoms with Crippen LogP contribution in [0.2, 0.25) is 0 Å². The summed E-state index contributed by atoms with van der Waals surface area (Å²) in [5.41, 5.74) is 0. The summed E-state index contributed by atoms with van der Waals surface area (Å²) < 4.78 is 11.8. The smallest absolute Gasteiger partial charge is 0.240 e. The largest absolute Gasteiger partial charge is 0.489 e. The van der Waals surface area contributed by atoms with Gasteiger partial charge in [0.1, 0.15) is 11.9 Å². The van der Waals surface area contributed by atoms with Gasteiger partial charge in [-0.15, -0.1) is 0 Å². The van der Waals surface area contributed by atoms with Gasteiger partial charge >= 0.3 is 0 Å². The van der Waals surface area contributed by atoms with Crippen molar-refractivity contribution in [3.8, 4) is 5.75 Å². The molecule has 4 heterocycles. The van der Waals surface area contributed by atoms with Crippen LogP contribution in [0.15, 0.2) is 48.8 Å². The zero-order valence-electron chi connectivity index (χ0n) is 18.4. The van der Waals surface area contributed by atoms with E-state index in [1.54, 1.807) is 12.4 Å². The third-order valence-corrected chi connectivity index (χ3v) is 6.72. The summed E-state index contributed by atoms with van der Waals surface area (Å²) in [6, 6.07) is 12.0. The SMILES string of the molecule is O=C([C@@H]1C[C@H](Oc2ccccc2)CN1C1CCOCC1)N1CCN(c2ncccn2)CC1. The predicted molar refractivity (Wildman–Crippen MR) is 121 cm³/mol. The lowest BCUT2D eigenvalue weighted by molar-refractivity contribution is -0.137. The first-order valence-electron chi connectivity index (χ1n) is 11.6. The van der Waals surface area contributed by atoms with Crippen molar-refractivity contribution in [1.82, 2.24) is 19.8 Å². The van der Waals surface area contributed by atoms with Crippen LogP contribution in [-0.2, 0) is 9.53 Å². The molecule has 8 nitrogen and oxygen atoms in total. The maximum absolute atomic E-state index is 13.6. The van der Waals surface area contributed by atoms with Gasteiger partial charge in [-0.3, -0.25) is 9.69 Å². The molecular weight excluding hydrogens is 406 g/mol. The maximum Gasteiger partial charge on any atom is 0.240 e. The number of anilines is 1. The van der Waals surface area contributed by atoms with Gasteiger partial charge in [-0.05, 0) is 31.0 Å². The van der Waals surface area contributed by atoms with Crippen molar-refractivity contribution >= 4 is 11.9 Å². The number of ether oxygens (including phenoxy) is 2. The second kappa shape index (κ2) is 9.83. The summed E-state index contributed by atoms with van der Waals surface area (Å²) in [7, 11) is 0. The number of carbonyl (C=O) groups is 1. The molecule has 2 aromatic rings. The van der Waals surface area contributed by atoms with Crippen LogP contribution < -0.4 is 9.64 Å². The summed E-state index contributed by atoms with van der Waals surface area (Å²) in [4.78, 5) is 28.9. The van der Waals surface area contributed by atoms with Crippen LogP contribution in [0.1, 0.15) is 19.3 Å². The van der Waals surface area contributed by atoms with Gasteiger partial charge in [-0.1, -0.05) is 18.2 Å². The lowest BCUT2D eigenvalue weighted by Gasteiger charge is -2.39. The lowest BCUT2D eigenvalue weighted by atomic mass is 10.0. The summed E-state index contributed by atoms with van der Waals surface area (Å²) in [5.74, 6) is 1.83. The van der Waals surface area contributed by atoms with Crippen molar-refractivity contribution in [2.24, 2.45) is 0 Å². The van der Waals surface area contributed by atoms with Crippen molar-refractivity contribution in [3.63, 3.8) is 0 Å². The molecule has 0 radical (unpaired) electrons. The molecule has 1 amide bonds. The Kier molecular flexibility index (Phi) is 6.50. The first-order chi connectivity index (χ1) is 15.8. The summed E-state index contributed by atoms with van der Waals surface area (Å²) in [6.45, 7) is 5.21. The molecular formula is C24H31N5O3. The van der Waals surface area contributed by atoms with Gasteiger partial charge in [0.25, 0.3) is 0 Å². The van der Waals surface area contributed by atoms with Gasteiger partial charge < -0.3 is 19.3 Å². The van der Waals surface area contributed by atoms with Crippen LogP contribution in [-0.4, -0.2) is 89.8 Å². The summed E-state index contributed by atoms with van der Waals surface area (Å²) in [6.07, 6.45) is 6.22. The molecule has 0 bridgehead atoms. The third kappa shape index (κ3) is 4.71. The van der Waals surface area contributed by atoms with Crippen LogP contribution in [0.25, 0.3) is 0 Å². The Bertz CT molecular complexity index is 870. The van der Waals surface area contributed by atoms with E-state index in [0.29, 0.717) is 19.1 Å². The highest BCUT2D eigenvalue weighted by Crippen LogP contribution is 2.30. The molecule has 3 aliphatic heterocycles. The summed E-state index contributed by atoms with van der Waals surface area (Å²) in [5, 5.41) is 0. The van der Waals surface area contributed by atoms with Crippen LogP contribution in [0, 0.1) is 0 Å². The number of aromatic nitrogens is 2. The average molecular weight is 438 g/mol. The van der Waals surface area contributed by atoms with Crippen LogP contribution in [0.3, 0.4) is 0 Å². The highest BCUT2D eigenvalue weighted by molar-refractivity contribution is 5.82. The van der Waals surface area contributed by atoms with Crippen LogP contribution in [0.4, 0.5) is 5.95 Å². The third-order valence-electron chi connectivity index (χ3n) is 6.72. The molecule has 1 aromatic heterocycles. The van der Waals surface area contributed by atoms with Crippen molar-refractivity contribution in [2.45, 2.75) is 37.5 Å². The molecule has 0 saturated carbocycles. The highest BCUT2D eigenvalue weighted by atomic mass is 16.5. The molecule has 1 aromatic carbocycles. The fraction of sp³-hybridized carbons (Fsp3) is 0.542. The molecule has 170 valence electrons. The molecule has 8 heteroatoms. The second-order valence-electron chi connectivity index (χ2n) is 8.71. The van der Waals surface area contributed by atoms with Crippen LogP contribution >= 0.6 is 0 Å². The first-order valence-corrected chi connectivity index (χ1v) is 11.6. The number of amides is 1. The number of nitrogens with zero attached hydrogens (tertiary/aromatic N) is 5. The Morgan fingerprint density at radius 3 is 2.41 bits per heavy atom. The number of para-hydroxylation sites is 1. The standard InChI is InChI=1S/C24H31N5O3/c30-23(27-11-13-28(14-12-27)24-25-9-4-10-26-24)22-17-21(32-20-5-2-1-3-6-20)18-29(22)19-7-15-31-16-8-19/h1-6,9-10,19,21-22H,7-8,11-18H2/t21-,22-/m0/s1. The lowest BCUT2D eigenvalue weighted by Crippen LogP contribution is -2.55. The van der Waals surface area contributed by atoms with Gasteiger partial charge in [-0.2, -0.15) is 0 Å². The number of hydrogen-bond acceptors (Lipinski definition) is 7. The Morgan fingerprint density at radius 1 is 0.969 bits per heavy atom. The summed E-state index contributed by atoms with van der Waals surface area (Å²) >= 11 is 0. The molecule has 3 aliphatic rings. The predicted octanol–water partition coefficient (Wildman–Crippen LogP) is 1.83. The van der Waals surface area contributed by atoms with Crippen molar-refractivity contribution in [3.05, 3.63) is 48.8 Å². The van der Waals surface area contributed by atoms with Crippen molar-refractivity contribution in [1.29, 1.82) is 0 Å². The van der Waals surface area contributed by atoms with E-state index >= 15 is 0 Å². The highest BCUT2D eigenvalue weighted by Gasteiger charge is 2.43. The number of hydrogen-bond donors (Lipinski definition) is 0. The molecule has 5 rings (SSSR count). The number of likely N-dealkylation sites (tertiary alicyclic amines) is 1. The fourth-order valence-electron chi connectivity index (χ4n) is 5.05. The van der Waals surface area contributed by atoms with Crippen molar-refractivity contribution < 1.29 is 14.3 Å². The Balaban J connectivity index is 1.25. The molecule has 0 aliphatic carbocycles. The van der Waals surface area contributed by atoms with E-state index in [2.05, 4.69) is 19.8 Å². The molecule has 32 heavy (non-hydrogen) atoms. The van der Waals surface area contributed by atoms with E-state index in [1.807, 2.05) is 41.3 Å². The fourth-order valence-corrected chi connectivity index (χ4v) is 5.05. The zero-order valence-corrected chi connectivity index (χ0v) is 18.4. The molecule has 0 unspecified atom stereocenters. The van der Waals surface area contributed by atoms with Crippen LogP contribution in [0.5, 0.6) is 5.75 Å².